The predicted octanol–water partition coefficient (Wildman–Crippen LogP) is 0.787. The van der Waals surface area contributed by atoms with Crippen LogP contribution in [-0.2, 0) is 23.7 Å². The van der Waals surface area contributed by atoms with Crippen molar-refractivity contribution in [3.05, 3.63) is 0 Å². The fourth-order valence-electron chi connectivity index (χ4n) is 1.04. The van der Waals surface area contributed by atoms with Crippen molar-refractivity contribution in [1.82, 2.24) is 0 Å². The van der Waals surface area contributed by atoms with E-state index in [9.17, 15) is 0 Å². The van der Waals surface area contributed by atoms with Crippen LogP contribution in [0.25, 0.3) is 0 Å². The topological polar surface area (TPSA) is 56.0 Å². The second kappa shape index (κ2) is 6.87. The average Bonchev–Trinajstić information content (AvgIpc) is 3.13. The number of rotatable bonds is 7. The maximum atomic E-state index is 5.31. The summed E-state index contributed by atoms with van der Waals surface area (Å²) >= 11 is 5.31. The van der Waals surface area contributed by atoms with E-state index in [2.05, 4.69) is 4.74 Å². The molecule has 4 unspecified atom stereocenters. The Labute approximate surface area is 106 Å². The Morgan fingerprint density at radius 2 is 1.41 bits per heavy atom. The smallest absolute Gasteiger partial charge is 0.157 e. The average molecular weight is 267 g/mol. The van der Waals surface area contributed by atoms with Crippen LogP contribution < -0.4 is 0 Å². The molecule has 3 aliphatic heterocycles. The van der Waals surface area contributed by atoms with Crippen molar-refractivity contribution in [2.75, 3.05) is 39.6 Å². The molecule has 0 radical (unpaired) electrons. The van der Waals surface area contributed by atoms with Crippen molar-refractivity contribution in [2.45, 2.75) is 30.8 Å². The molecule has 3 aliphatic rings. The molecule has 4 atom stereocenters. The van der Waals surface area contributed by atoms with Gasteiger partial charge in [-0.2, -0.15) is 0 Å². The highest BCUT2D eigenvalue weighted by Gasteiger charge is 2.30. The normalized spacial score (nSPS) is 37.1. The van der Waals surface area contributed by atoms with Gasteiger partial charge in [0.05, 0.1) is 45.7 Å². The fourth-order valence-corrected chi connectivity index (χ4v) is 1.20. The Kier molecular flexibility index (Phi) is 5.47. The van der Waals surface area contributed by atoms with E-state index in [0.29, 0.717) is 44.7 Å². The van der Waals surface area contributed by atoms with Gasteiger partial charge in [-0.15, -0.1) is 0 Å². The molecule has 3 heterocycles. The third kappa shape index (κ3) is 7.18. The lowest BCUT2D eigenvalue weighted by Gasteiger charge is -2.02. The quantitative estimate of drug-likeness (QED) is 0.387. The van der Waals surface area contributed by atoms with E-state index in [1.807, 2.05) is 6.92 Å². The highest BCUT2D eigenvalue weighted by molar-refractivity contribution is 6.21. The lowest BCUT2D eigenvalue weighted by atomic mass is 10.5. The minimum atomic E-state index is 0.0231. The van der Waals surface area contributed by atoms with E-state index >= 15 is 0 Å². The Morgan fingerprint density at radius 1 is 1.06 bits per heavy atom. The molecule has 0 bridgehead atoms. The van der Waals surface area contributed by atoms with Gasteiger partial charge in [-0.1, -0.05) is 11.6 Å². The van der Waals surface area contributed by atoms with Gasteiger partial charge in [-0.05, 0) is 6.92 Å². The zero-order valence-corrected chi connectivity index (χ0v) is 10.7. The molecule has 0 aromatic carbocycles. The number of alkyl halides is 1. The van der Waals surface area contributed by atoms with Crippen LogP contribution >= 0.6 is 11.6 Å². The summed E-state index contributed by atoms with van der Waals surface area (Å²) in [5.74, 6) is 0. The molecular formula is C11H19ClO5. The molecule has 17 heavy (non-hydrogen) atoms. The molecule has 3 rings (SSSR count). The van der Waals surface area contributed by atoms with Gasteiger partial charge >= 0.3 is 0 Å². The standard InChI is InChI=1S/C8H14O4.C3H5ClO/c1(9-3-7-5-11-7)2-10-4-8-6-12-8;1-2-3(4)5-2/h7-8H,1-6H2;2-3H,1H3. The van der Waals surface area contributed by atoms with Gasteiger partial charge in [0.15, 0.2) is 5.56 Å². The van der Waals surface area contributed by atoms with Crippen molar-refractivity contribution in [2.24, 2.45) is 0 Å². The lowest BCUT2D eigenvalue weighted by Crippen LogP contribution is -2.10. The van der Waals surface area contributed by atoms with Crippen LogP contribution in [0, 0.1) is 0 Å². The first-order valence-electron chi connectivity index (χ1n) is 5.94. The van der Waals surface area contributed by atoms with Crippen molar-refractivity contribution >= 4 is 11.6 Å². The maximum Gasteiger partial charge on any atom is 0.157 e. The minimum Gasteiger partial charge on any atom is -0.376 e. The van der Waals surface area contributed by atoms with Crippen LogP contribution in [-0.4, -0.2) is 63.5 Å². The molecule has 0 aromatic heterocycles. The summed E-state index contributed by atoms with van der Waals surface area (Å²) in [6.07, 6.45) is 1.03. The fraction of sp³-hybridized carbons (Fsp3) is 1.00. The Balaban J connectivity index is 0.000000181. The SMILES string of the molecule is C(COCC1CO1)OCC1CO1.CC1OC1Cl. The summed E-state index contributed by atoms with van der Waals surface area (Å²) in [6.45, 7) is 6.40. The molecule has 3 saturated heterocycles. The second-order valence-electron chi connectivity index (χ2n) is 4.25. The third-order valence-electron chi connectivity index (χ3n) is 2.42. The Morgan fingerprint density at radius 3 is 1.65 bits per heavy atom. The highest BCUT2D eigenvalue weighted by atomic mass is 35.5. The van der Waals surface area contributed by atoms with E-state index < -0.39 is 0 Å². The van der Waals surface area contributed by atoms with Crippen molar-refractivity contribution in [3.8, 4) is 0 Å². The molecule has 100 valence electrons. The van der Waals surface area contributed by atoms with Crippen LogP contribution in [0.1, 0.15) is 6.92 Å². The Hall–Kier alpha value is 0.0900. The van der Waals surface area contributed by atoms with Crippen molar-refractivity contribution < 1.29 is 23.7 Å². The number of hydrogen-bond donors (Lipinski definition) is 0. The van der Waals surface area contributed by atoms with Gasteiger partial charge in [0.2, 0.25) is 0 Å². The molecule has 0 amide bonds. The van der Waals surface area contributed by atoms with Crippen LogP contribution in [0.15, 0.2) is 0 Å². The number of hydrogen-bond acceptors (Lipinski definition) is 5. The van der Waals surface area contributed by atoms with E-state index in [-0.39, 0.29) is 5.56 Å². The zero-order valence-electron chi connectivity index (χ0n) is 9.97. The molecule has 0 spiro atoms. The molecule has 3 fully saturated rings. The first-order chi connectivity index (χ1) is 8.25. The van der Waals surface area contributed by atoms with Gasteiger partial charge < -0.3 is 23.7 Å². The summed E-state index contributed by atoms with van der Waals surface area (Å²) in [4.78, 5) is 0. The predicted molar refractivity (Wildman–Crippen MR) is 61.3 cm³/mol. The summed E-state index contributed by atoms with van der Waals surface area (Å²) in [7, 11) is 0. The first kappa shape index (κ1) is 13.5. The van der Waals surface area contributed by atoms with E-state index in [1.165, 1.54) is 0 Å². The third-order valence-corrected chi connectivity index (χ3v) is 2.88. The summed E-state index contributed by atoms with van der Waals surface area (Å²) in [5.41, 5.74) is 0.0231. The van der Waals surface area contributed by atoms with Crippen LogP contribution in [0.5, 0.6) is 0 Å². The van der Waals surface area contributed by atoms with Crippen molar-refractivity contribution in [3.63, 3.8) is 0 Å². The van der Waals surface area contributed by atoms with Gasteiger partial charge in [0.25, 0.3) is 0 Å². The molecule has 0 aliphatic carbocycles. The molecule has 0 aromatic rings. The molecule has 0 saturated carbocycles. The highest BCUT2D eigenvalue weighted by Crippen LogP contribution is 2.23. The van der Waals surface area contributed by atoms with Gasteiger partial charge in [0.1, 0.15) is 12.2 Å². The summed E-state index contributed by atoms with van der Waals surface area (Å²) in [6, 6.07) is 0. The molecule has 0 N–H and O–H groups in total. The zero-order chi connectivity index (χ0) is 12.1. The number of epoxide rings is 3. The maximum absolute atomic E-state index is 5.31. The van der Waals surface area contributed by atoms with E-state index in [0.717, 1.165) is 13.2 Å². The number of halogens is 1. The van der Waals surface area contributed by atoms with E-state index in [4.69, 9.17) is 30.5 Å². The molecular weight excluding hydrogens is 248 g/mol. The summed E-state index contributed by atoms with van der Waals surface area (Å²) < 4.78 is 25.2. The van der Waals surface area contributed by atoms with Crippen LogP contribution in [0.2, 0.25) is 0 Å². The van der Waals surface area contributed by atoms with Gasteiger partial charge in [-0.3, -0.25) is 0 Å². The molecule has 6 heteroatoms. The summed E-state index contributed by atoms with van der Waals surface area (Å²) in [5, 5.41) is 0. The molecule has 5 nitrogen and oxygen atoms in total. The largest absolute Gasteiger partial charge is 0.376 e. The van der Waals surface area contributed by atoms with Gasteiger partial charge in [-0.25, -0.2) is 0 Å². The first-order valence-corrected chi connectivity index (χ1v) is 6.37. The van der Waals surface area contributed by atoms with E-state index in [1.54, 1.807) is 0 Å². The lowest BCUT2D eigenvalue weighted by molar-refractivity contribution is 0.0366. The van der Waals surface area contributed by atoms with Crippen LogP contribution in [0.4, 0.5) is 0 Å². The Bertz CT molecular complexity index is 198. The monoisotopic (exact) mass is 266 g/mol. The number of ether oxygens (including phenoxy) is 5. The second-order valence-corrected chi connectivity index (χ2v) is 4.68. The minimum absolute atomic E-state index is 0.0231. The van der Waals surface area contributed by atoms with Crippen molar-refractivity contribution in [1.29, 1.82) is 0 Å². The van der Waals surface area contributed by atoms with Gasteiger partial charge in [0, 0.05) is 0 Å². The van der Waals surface area contributed by atoms with Crippen LogP contribution in [0.3, 0.4) is 0 Å².